The van der Waals surface area contributed by atoms with Gasteiger partial charge in [-0.05, 0) is 32.0 Å². The second-order valence-corrected chi connectivity index (χ2v) is 6.48. The van der Waals surface area contributed by atoms with Gasteiger partial charge in [0.05, 0.1) is 6.54 Å². The van der Waals surface area contributed by atoms with E-state index in [0.29, 0.717) is 5.92 Å². The lowest BCUT2D eigenvalue weighted by atomic mass is 10.0. The van der Waals surface area contributed by atoms with Gasteiger partial charge in [-0.25, -0.2) is 4.98 Å². The number of nitrogens with zero attached hydrogens (tertiary/aromatic N) is 5. The Morgan fingerprint density at radius 3 is 2.43 bits per heavy atom. The van der Waals surface area contributed by atoms with Crippen molar-refractivity contribution in [2.45, 2.75) is 32.7 Å². The van der Waals surface area contributed by atoms with Crippen LogP contribution in [0.15, 0.2) is 29.2 Å². The Morgan fingerprint density at radius 1 is 1.09 bits per heavy atom. The number of rotatable bonds is 7. The summed E-state index contributed by atoms with van der Waals surface area (Å²) < 4.78 is 7.63. The topological polar surface area (TPSA) is 50.3 Å². The van der Waals surface area contributed by atoms with E-state index in [1.807, 2.05) is 11.6 Å². The first kappa shape index (κ1) is 16.2. The smallest absolute Gasteiger partial charge is 0.137 e. The number of hydrogen-bond donors (Lipinski definition) is 0. The van der Waals surface area contributed by atoms with Gasteiger partial charge in [0.1, 0.15) is 24.2 Å². The fourth-order valence-electron chi connectivity index (χ4n) is 3.07. The molecule has 0 spiro atoms. The van der Waals surface area contributed by atoms with Crippen molar-refractivity contribution >= 4 is 0 Å². The number of piperazine rings is 1. The van der Waals surface area contributed by atoms with E-state index >= 15 is 0 Å². The molecule has 23 heavy (non-hydrogen) atoms. The zero-order valence-electron chi connectivity index (χ0n) is 14.2. The van der Waals surface area contributed by atoms with Gasteiger partial charge in [-0.3, -0.25) is 9.58 Å². The molecule has 0 bridgehead atoms. The van der Waals surface area contributed by atoms with Crippen LogP contribution in [0, 0.1) is 6.92 Å². The van der Waals surface area contributed by atoms with E-state index < -0.39 is 0 Å². The molecule has 3 heterocycles. The van der Waals surface area contributed by atoms with E-state index in [4.69, 9.17) is 4.42 Å². The van der Waals surface area contributed by atoms with Crippen LogP contribution in [0.5, 0.6) is 0 Å². The molecule has 2 aromatic heterocycles. The predicted molar refractivity (Wildman–Crippen MR) is 89.4 cm³/mol. The molecule has 1 aliphatic heterocycles. The molecule has 0 amide bonds. The Kier molecular flexibility index (Phi) is 5.46. The highest BCUT2D eigenvalue weighted by Crippen LogP contribution is 2.21. The van der Waals surface area contributed by atoms with Gasteiger partial charge in [-0.2, -0.15) is 5.10 Å². The summed E-state index contributed by atoms with van der Waals surface area (Å²) in [5.41, 5.74) is 0. The minimum atomic E-state index is 0.494. The van der Waals surface area contributed by atoms with Crippen LogP contribution in [-0.2, 0) is 6.54 Å². The molecule has 1 atom stereocenters. The first-order valence-electron chi connectivity index (χ1n) is 8.54. The number of furan rings is 1. The van der Waals surface area contributed by atoms with Crippen molar-refractivity contribution in [2.24, 2.45) is 0 Å². The van der Waals surface area contributed by atoms with Crippen molar-refractivity contribution in [3.8, 4) is 0 Å². The van der Waals surface area contributed by atoms with E-state index in [2.05, 4.69) is 38.9 Å². The van der Waals surface area contributed by atoms with Gasteiger partial charge < -0.3 is 9.32 Å². The first-order valence-corrected chi connectivity index (χ1v) is 8.54. The highest BCUT2D eigenvalue weighted by atomic mass is 16.3. The average Bonchev–Trinajstić information content (AvgIpc) is 3.23. The van der Waals surface area contributed by atoms with Crippen molar-refractivity contribution in [2.75, 3.05) is 39.3 Å². The average molecular weight is 317 g/mol. The third kappa shape index (κ3) is 4.65. The van der Waals surface area contributed by atoms with Crippen LogP contribution in [0.2, 0.25) is 0 Å². The number of aryl methyl sites for hydroxylation is 1. The molecule has 126 valence electrons. The molecule has 0 aliphatic carbocycles. The van der Waals surface area contributed by atoms with Crippen molar-refractivity contribution in [1.29, 1.82) is 0 Å². The third-order valence-electron chi connectivity index (χ3n) is 4.70. The van der Waals surface area contributed by atoms with E-state index in [9.17, 15) is 0 Å². The van der Waals surface area contributed by atoms with Gasteiger partial charge >= 0.3 is 0 Å². The van der Waals surface area contributed by atoms with Crippen LogP contribution in [0.1, 0.15) is 30.8 Å². The minimum absolute atomic E-state index is 0.494. The molecule has 6 heteroatoms. The number of hydrogen-bond acceptors (Lipinski definition) is 5. The molecule has 1 aliphatic rings. The fourth-order valence-corrected chi connectivity index (χ4v) is 3.07. The summed E-state index contributed by atoms with van der Waals surface area (Å²) in [6.45, 7) is 12.0. The monoisotopic (exact) mass is 317 g/mol. The Morgan fingerprint density at radius 2 is 1.83 bits per heavy atom. The van der Waals surface area contributed by atoms with Crippen LogP contribution < -0.4 is 0 Å². The molecule has 0 radical (unpaired) electrons. The largest absolute Gasteiger partial charge is 0.466 e. The Labute approximate surface area is 138 Å². The van der Waals surface area contributed by atoms with Crippen LogP contribution in [0.3, 0.4) is 0 Å². The molecule has 1 saturated heterocycles. The molecule has 1 fully saturated rings. The zero-order valence-corrected chi connectivity index (χ0v) is 14.2. The van der Waals surface area contributed by atoms with Crippen LogP contribution >= 0.6 is 0 Å². The summed E-state index contributed by atoms with van der Waals surface area (Å²) in [4.78, 5) is 9.06. The molecule has 2 aromatic rings. The molecular formula is C17H27N5O. The lowest BCUT2D eigenvalue weighted by molar-refractivity contribution is 0.125. The van der Waals surface area contributed by atoms with Crippen molar-refractivity contribution in [3.63, 3.8) is 0 Å². The molecule has 0 aromatic carbocycles. The van der Waals surface area contributed by atoms with E-state index in [1.165, 1.54) is 0 Å². The van der Waals surface area contributed by atoms with Crippen LogP contribution in [-0.4, -0.2) is 63.8 Å². The molecule has 0 unspecified atom stereocenters. The molecule has 6 nitrogen and oxygen atoms in total. The van der Waals surface area contributed by atoms with E-state index in [1.54, 1.807) is 12.7 Å². The summed E-state index contributed by atoms with van der Waals surface area (Å²) >= 11 is 0. The molecule has 0 saturated carbocycles. The Bertz CT molecular complexity index is 572. The van der Waals surface area contributed by atoms with Crippen LogP contribution in [0.4, 0.5) is 0 Å². The maximum Gasteiger partial charge on any atom is 0.137 e. The van der Waals surface area contributed by atoms with Crippen molar-refractivity contribution in [1.82, 2.24) is 24.6 Å². The fraction of sp³-hybridized carbons (Fsp3) is 0.647. The minimum Gasteiger partial charge on any atom is -0.466 e. The predicted octanol–water partition coefficient (Wildman–Crippen LogP) is 1.99. The summed E-state index contributed by atoms with van der Waals surface area (Å²) in [6.07, 6.45) is 4.54. The molecule has 0 N–H and O–H groups in total. The van der Waals surface area contributed by atoms with Crippen LogP contribution in [0.25, 0.3) is 0 Å². The van der Waals surface area contributed by atoms with Crippen molar-refractivity contribution in [3.05, 3.63) is 36.3 Å². The summed E-state index contributed by atoms with van der Waals surface area (Å²) in [6, 6.07) is 4.17. The lowest BCUT2D eigenvalue weighted by Gasteiger charge is -2.35. The lowest BCUT2D eigenvalue weighted by Crippen LogP contribution is -2.47. The van der Waals surface area contributed by atoms with E-state index in [0.717, 1.165) is 63.8 Å². The zero-order chi connectivity index (χ0) is 16.1. The van der Waals surface area contributed by atoms with Gasteiger partial charge in [0.25, 0.3) is 0 Å². The van der Waals surface area contributed by atoms with Gasteiger partial charge in [-0.15, -0.1) is 0 Å². The Balaban J connectivity index is 1.34. The maximum atomic E-state index is 5.73. The van der Waals surface area contributed by atoms with Gasteiger partial charge in [0.15, 0.2) is 0 Å². The second kappa shape index (κ2) is 7.75. The highest BCUT2D eigenvalue weighted by molar-refractivity contribution is 5.09. The third-order valence-corrected chi connectivity index (χ3v) is 4.70. The van der Waals surface area contributed by atoms with E-state index in [-0.39, 0.29) is 0 Å². The normalized spacial score (nSPS) is 18.3. The molecular weight excluding hydrogens is 290 g/mol. The summed E-state index contributed by atoms with van der Waals surface area (Å²) in [7, 11) is 0. The highest BCUT2D eigenvalue weighted by Gasteiger charge is 2.18. The van der Waals surface area contributed by atoms with Gasteiger partial charge in [0.2, 0.25) is 0 Å². The Hall–Kier alpha value is -1.66. The standard InChI is InChI=1S/C17H27N5O/c1-15(17-4-3-16(2)23-17)5-6-20-7-9-21(10-8-20)11-12-22-14-18-13-19-22/h3-4,13-15H,5-12H2,1-2H3/t15-/m1/s1. The van der Waals surface area contributed by atoms with Gasteiger partial charge in [0, 0.05) is 38.6 Å². The van der Waals surface area contributed by atoms with Gasteiger partial charge in [-0.1, -0.05) is 6.92 Å². The first-order chi connectivity index (χ1) is 11.2. The summed E-state index contributed by atoms with van der Waals surface area (Å²) in [5, 5.41) is 4.15. The molecule has 3 rings (SSSR count). The second-order valence-electron chi connectivity index (χ2n) is 6.48. The summed E-state index contributed by atoms with van der Waals surface area (Å²) in [5.74, 6) is 2.62. The SMILES string of the molecule is Cc1ccc([C@H](C)CCN2CCN(CCn3cncn3)CC2)o1. The maximum absolute atomic E-state index is 5.73. The van der Waals surface area contributed by atoms with Crippen molar-refractivity contribution < 1.29 is 4.42 Å². The quantitative estimate of drug-likeness (QED) is 0.782. The number of aromatic nitrogens is 3.